The van der Waals surface area contributed by atoms with E-state index in [2.05, 4.69) is 15.3 Å². The highest BCUT2D eigenvalue weighted by Crippen LogP contribution is 2.39. The van der Waals surface area contributed by atoms with E-state index in [0.29, 0.717) is 16.9 Å². The van der Waals surface area contributed by atoms with E-state index in [4.69, 9.17) is 30.4 Å². The summed E-state index contributed by atoms with van der Waals surface area (Å²) in [5.74, 6) is 0.302. The third kappa shape index (κ3) is 6.07. The van der Waals surface area contributed by atoms with Crippen LogP contribution in [-0.2, 0) is 14.0 Å². The molecule has 1 amide bonds. The number of hydrogen-bond donors (Lipinski definition) is 1. The average molecular weight is 426 g/mol. The number of carbonyl (C=O) groups excluding carboxylic acids is 1. The number of rotatable bonds is 5. The van der Waals surface area contributed by atoms with E-state index in [0.717, 1.165) is 0 Å². The minimum absolute atomic E-state index is 0.0723. The summed E-state index contributed by atoms with van der Waals surface area (Å²) in [5.41, 5.74) is -0.454. The Balaban J connectivity index is 2.33. The van der Waals surface area contributed by atoms with Gasteiger partial charge in [0.25, 0.3) is 0 Å². The molecule has 0 atom stereocenters. The molecule has 1 N–H and O–H groups in total. The maximum atomic E-state index is 12.1. The molecule has 2 heterocycles. The molecule has 1 aromatic rings. The summed E-state index contributed by atoms with van der Waals surface area (Å²) in [4.78, 5) is 20.2. The number of hydrogen-bond acceptors (Lipinski definition) is 7. The summed E-state index contributed by atoms with van der Waals surface area (Å²) in [6.45, 7) is 13.4. The van der Waals surface area contributed by atoms with Crippen molar-refractivity contribution in [1.82, 2.24) is 15.3 Å². The monoisotopic (exact) mass is 425 g/mol. The summed E-state index contributed by atoms with van der Waals surface area (Å²) in [6, 6.07) is 0. The van der Waals surface area contributed by atoms with Gasteiger partial charge in [0.1, 0.15) is 5.60 Å². The average Bonchev–Trinajstić information content (AvgIpc) is 2.78. The highest BCUT2D eigenvalue weighted by molar-refractivity contribution is 6.56. The molecule has 1 aromatic heterocycles. The quantitative estimate of drug-likeness (QED) is 0.568. The minimum Gasteiger partial charge on any atom is -0.480 e. The Bertz CT molecular complexity index is 777. The normalized spacial score (nSPS) is 18.5. The Morgan fingerprint density at radius 2 is 1.86 bits per heavy atom. The molecule has 1 saturated heterocycles. The van der Waals surface area contributed by atoms with E-state index in [-0.39, 0.29) is 11.8 Å². The number of nitrogens with one attached hydrogen (secondary N) is 1. The van der Waals surface area contributed by atoms with Crippen LogP contribution in [-0.4, -0.2) is 53.6 Å². The number of amides is 1. The second-order valence-corrected chi connectivity index (χ2v) is 9.10. The molecule has 0 aliphatic carbocycles. The van der Waals surface area contributed by atoms with Gasteiger partial charge in [-0.2, -0.15) is 4.98 Å². The highest BCUT2D eigenvalue weighted by atomic mass is 35.5. The molecule has 2 rings (SSSR count). The number of carbonyl (C=O) groups is 1. The predicted molar refractivity (Wildman–Crippen MR) is 112 cm³/mol. The first-order chi connectivity index (χ1) is 13.2. The van der Waals surface area contributed by atoms with Gasteiger partial charge >= 0.3 is 13.2 Å². The standard InChI is InChI=1S/C19H29BClN3O5/c1-17(2,3)27-16(25)23-11-13(20-28-18(4,5)19(6,7)29-20)9-12-10-22-15(21)24-14(12)26-8/h9-10H,11H2,1-8H3,(H,23,25). The van der Waals surface area contributed by atoms with Crippen LogP contribution >= 0.6 is 11.6 Å². The van der Waals surface area contributed by atoms with Gasteiger partial charge in [-0.05, 0) is 65.5 Å². The molecule has 1 aliphatic rings. The molecule has 10 heteroatoms. The first-order valence-electron chi connectivity index (χ1n) is 9.33. The zero-order valence-corrected chi connectivity index (χ0v) is 19.0. The van der Waals surface area contributed by atoms with E-state index in [1.54, 1.807) is 26.8 Å². The highest BCUT2D eigenvalue weighted by Gasteiger charge is 2.52. The van der Waals surface area contributed by atoms with Crippen LogP contribution in [0.4, 0.5) is 4.79 Å². The molecule has 29 heavy (non-hydrogen) atoms. The van der Waals surface area contributed by atoms with Crippen LogP contribution in [0.1, 0.15) is 54.0 Å². The Morgan fingerprint density at radius 3 is 2.38 bits per heavy atom. The van der Waals surface area contributed by atoms with Crippen molar-refractivity contribution < 1.29 is 23.6 Å². The van der Waals surface area contributed by atoms with Gasteiger partial charge in [0.05, 0.1) is 23.9 Å². The smallest absolute Gasteiger partial charge is 0.480 e. The third-order valence-corrected chi connectivity index (χ3v) is 4.86. The molecule has 0 aromatic carbocycles. The van der Waals surface area contributed by atoms with Gasteiger partial charge in [-0.15, -0.1) is 0 Å². The number of halogens is 1. The summed E-state index contributed by atoms with van der Waals surface area (Å²) in [5, 5.41) is 2.82. The lowest BCUT2D eigenvalue weighted by Gasteiger charge is -2.32. The predicted octanol–water partition coefficient (Wildman–Crippen LogP) is 3.68. The van der Waals surface area contributed by atoms with Gasteiger partial charge in [-0.1, -0.05) is 6.08 Å². The van der Waals surface area contributed by atoms with E-state index in [1.165, 1.54) is 13.3 Å². The fraction of sp³-hybridized carbons (Fsp3) is 0.632. The summed E-state index contributed by atoms with van der Waals surface area (Å²) in [7, 11) is 0.805. The lowest BCUT2D eigenvalue weighted by atomic mass is 9.77. The second-order valence-electron chi connectivity index (χ2n) is 8.77. The van der Waals surface area contributed by atoms with Crippen LogP contribution in [0, 0.1) is 0 Å². The van der Waals surface area contributed by atoms with Crippen molar-refractivity contribution in [3.05, 3.63) is 22.5 Å². The third-order valence-electron chi connectivity index (χ3n) is 4.68. The molecule has 0 radical (unpaired) electrons. The van der Waals surface area contributed by atoms with Gasteiger partial charge in [-0.3, -0.25) is 0 Å². The molecule has 8 nitrogen and oxygen atoms in total. The number of nitrogens with zero attached hydrogens (tertiary/aromatic N) is 2. The zero-order chi connectivity index (χ0) is 22.0. The Kier molecular flexibility index (Phi) is 6.87. The second kappa shape index (κ2) is 8.49. The topological polar surface area (TPSA) is 91.8 Å². The van der Waals surface area contributed by atoms with Gasteiger partial charge in [-0.25, -0.2) is 9.78 Å². The van der Waals surface area contributed by atoms with E-state index < -0.39 is 30.0 Å². The van der Waals surface area contributed by atoms with Gasteiger partial charge < -0.3 is 24.1 Å². The fourth-order valence-corrected chi connectivity index (χ4v) is 2.63. The minimum atomic E-state index is -0.685. The summed E-state index contributed by atoms with van der Waals surface area (Å²) < 4.78 is 22.9. The van der Waals surface area contributed by atoms with Crippen LogP contribution in [0.3, 0.4) is 0 Å². The van der Waals surface area contributed by atoms with Crippen LogP contribution < -0.4 is 10.1 Å². The van der Waals surface area contributed by atoms with Crippen molar-refractivity contribution in [2.75, 3.05) is 13.7 Å². The molecular formula is C19H29BClN3O5. The molecule has 0 bridgehead atoms. The van der Waals surface area contributed by atoms with E-state index in [1.807, 2.05) is 27.7 Å². The molecule has 0 spiro atoms. The van der Waals surface area contributed by atoms with E-state index in [9.17, 15) is 4.79 Å². The number of ether oxygens (including phenoxy) is 2. The molecule has 160 valence electrons. The van der Waals surface area contributed by atoms with Crippen molar-refractivity contribution in [1.29, 1.82) is 0 Å². The van der Waals surface area contributed by atoms with Crippen LogP contribution in [0.25, 0.3) is 6.08 Å². The molecular weight excluding hydrogens is 396 g/mol. The van der Waals surface area contributed by atoms with Crippen molar-refractivity contribution in [2.24, 2.45) is 0 Å². The van der Waals surface area contributed by atoms with Crippen LogP contribution in [0.2, 0.25) is 5.28 Å². The van der Waals surface area contributed by atoms with Crippen molar-refractivity contribution in [3.8, 4) is 5.88 Å². The Morgan fingerprint density at radius 1 is 1.28 bits per heavy atom. The number of aromatic nitrogens is 2. The lowest BCUT2D eigenvalue weighted by molar-refractivity contribution is 0.00578. The fourth-order valence-electron chi connectivity index (χ4n) is 2.50. The van der Waals surface area contributed by atoms with Crippen LogP contribution in [0.5, 0.6) is 5.88 Å². The first-order valence-corrected chi connectivity index (χ1v) is 9.71. The summed E-state index contributed by atoms with van der Waals surface area (Å²) >= 11 is 5.85. The zero-order valence-electron chi connectivity index (χ0n) is 18.3. The van der Waals surface area contributed by atoms with Crippen LogP contribution in [0.15, 0.2) is 11.7 Å². The Labute approximate surface area is 177 Å². The van der Waals surface area contributed by atoms with Gasteiger partial charge in [0.15, 0.2) is 0 Å². The van der Waals surface area contributed by atoms with Gasteiger partial charge in [0.2, 0.25) is 11.2 Å². The van der Waals surface area contributed by atoms with Crippen molar-refractivity contribution >= 4 is 30.9 Å². The molecule has 0 saturated carbocycles. The molecule has 1 aliphatic heterocycles. The SMILES string of the molecule is COc1nc(Cl)ncc1C=C(CNC(=O)OC(C)(C)C)B1OC(C)(C)C(C)(C)O1. The maximum Gasteiger partial charge on any atom is 0.492 e. The van der Waals surface area contributed by atoms with Crippen molar-refractivity contribution in [3.63, 3.8) is 0 Å². The molecule has 0 unspecified atom stereocenters. The summed E-state index contributed by atoms with van der Waals surface area (Å²) in [6.07, 6.45) is 2.75. The van der Waals surface area contributed by atoms with Gasteiger partial charge in [0, 0.05) is 12.7 Å². The van der Waals surface area contributed by atoms with E-state index >= 15 is 0 Å². The number of alkyl carbamates (subject to hydrolysis) is 1. The Hall–Kier alpha value is -1.84. The first kappa shape index (κ1) is 23.4. The molecule has 1 fully saturated rings. The largest absolute Gasteiger partial charge is 0.492 e. The lowest BCUT2D eigenvalue weighted by Crippen LogP contribution is -2.41. The van der Waals surface area contributed by atoms with Crippen molar-refractivity contribution in [2.45, 2.75) is 65.3 Å². The maximum absolute atomic E-state index is 12.1. The number of methoxy groups -OCH3 is 1.